The molecule has 2 nitrogen and oxygen atoms in total. The SMILES string of the molecule is C=CCc1cccc(CN2CCCCC2)c1O. The lowest BCUT2D eigenvalue weighted by atomic mass is 10.0. The van der Waals surface area contributed by atoms with Crippen LogP contribution < -0.4 is 0 Å². The van der Waals surface area contributed by atoms with Crippen LogP contribution in [0.1, 0.15) is 30.4 Å². The maximum Gasteiger partial charge on any atom is 0.123 e. The van der Waals surface area contributed by atoms with Gasteiger partial charge in [-0.3, -0.25) is 4.90 Å². The monoisotopic (exact) mass is 231 g/mol. The summed E-state index contributed by atoms with van der Waals surface area (Å²) < 4.78 is 0. The number of phenols is 1. The van der Waals surface area contributed by atoms with Crippen molar-refractivity contribution in [2.24, 2.45) is 0 Å². The average Bonchev–Trinajstić information content (AvgIpc) is 2.36. The maximum atomic E-state index is 10.2. The molecule has 1 aromatic rings. The van der Waals surface area contributed by atoms with Crippen LogP contribution in [-0.2, 0) is 13.0 Å². The van der Waals surface area contributed by atoms with Crippen molar-refractivity contribution in [3.63, 3.8) is 0 Å². The van der Waals surface area contributed by atoms with Crippen LogP contribution in [0.25, 0.3) is 0 Å². The van der Waals surface area contributed by atoms with Crippen molar-refractivity contribution >= 4 is 0 Å². The van der Waals surface area contributed by atoms with E-state index in [4.69, 9.17) is 0 Å². The van der Waals surface area contributed by atoms with Gasteiger partial charge in [-0.15, -0.1) is 6.58 Å². The maximum absolute atomic E-state index is 10.2. The second kappa shape index (κ2) is 5.87. The number of aromatic hydroxyl groups is 1. The van der Waals surface area contributed by atoms with E-state index in [0.717, 1.165) is 37.2 Å². The minimum atomic E-state index is 0.456. The Morgan fingerprint density at radius 3 is 2.59 bits per heavy atom. The van der Waals surface area contributed by atoms with E-state index in [2.05, 4.69) is 11.5 Å². The summed E-state index contributed by atoms with van der Waals surface area (Å²) in [6.07, 6.45) is 6.48. The molecule has 1 fully saturated rings. The molecule has 0 atom stereocenters. The summed E-state index contributed by atoms with van der Waals surface area (Å²) in [6.45, 7) is 6.91. The fourth-order valence-electron chi connectivity index (χ4n) is 2.45. The molecule has 92 valence electrons. The van der Waals surface area contributed by atoms with Crippen LogP contribution >= 0.6 is 0 Å². The number of hydrogen-bond donors (Lipinski definition) is 1. The van der Waals surface area contributed by atoms with Gasteiger partial charge < -0.3 is 5.11 Å². The highest BCUT2D eigenvalue weighted by Crippen LogP contribution is 2.25. The first-order valence-electron chi connectivity index (χ1n) is 6.44. The zero-order valence-corrected chi connectivity index (χ0v) is 10.4. The van der Waals surface area contributed by atoms with E-state index < -0.39 is 0 Å². The zero-order valence-electron chi connectivity index (χ0n) is 10.4. The molecule has 1 aromatic carbocycles. The summed E-state index contributed by atoms with van der Waals surface area (Å²) in [5.74, 6) is 0.456. The molecule has 0 saturated carbocycles. The molecule has 17 heavy (non-hydrogen) atoms. The number of hydrogen-bond acceptors (Lipinski definition) is 2. The number of likely N-dealkylation sites (tertiary alicyclic amines) is 1. The molecule has 2 rings (SSSR count). The predicted octanol–water partition coefficient (Wildman–Crippen LogP) is 3.11. The van der Waals surface area contributed by atoms with Crippen LogP contribution in [0.15, 0.2) is 30.9 Å². The first kappa shape index (κ1) is 12.2. The van der Waals surface area contributed by atoms with Gasteiger partial charge in [0, 0.05) is 12.1 Å². The van der Waals surface area contributed by atoms with Crippen molar-refractivity contribution in [2.75, 3.05) is 13.1 Å². The van der Waals surface area contributed by atoms with Crippen molar-refractivity contribution in [3.8, 4) is 5.75 Å². The quantitative estimate of drug-likeness (QED) is 0.805. The third kappa shape index (κ3) is 3.10. The number of benzene rings is 1. The zero-order chi connectivity index (χ0) is 12.1. The van der Waals surface area contributed by atoms with Crippen molar-refractivity contribution in [2.45, 2.75) is 32.2 Å². The molecule has 0 aliphatic carbocycles. The van der Waals surface area contributed by atoms with Crippen LogP contribution in [0.4, 0.5) is 0 Å². The molecule has 2 heteroatoms. The van der Waals surface area contributed by atoms with E-state index >= 15 is 0 Å². The first-order valence-corrected chi connectivity index (χ1v) is 6.44. The molecule has 1 aliphatic rings. The number of rotatable bonds is 4. The van der Waals surface area contributed by atoms with Gasteiger partial charge in [-0.2, -0.15) is 0 Å². The molecule has 1 heterocycles. The smallest absolute Gasteiger partial charge is 0.123 e. The molecular formula is C15H21NO. The Morgan fingerprint density at radius 1 is 1.18 bits per heavy atom. The fraction of sp³-hybridized carbons (Fsp3) is 0.467. The molecule has 0 unspecified atom stereocenters. The second-order valence-electron chi connectivity index (χ2n) is 4.75. The molecule has 0 spiro atoms. The van der Waals surface area contributed by atoms with Gasteiger partial charge in [0.25, 0.3) is 0 Å². The molecule has 0 aromatic heterocycles. The van der Waals surface area contributed by atoms with Crippen LogP contribution in [0.3, 0.4) is 0 Å². The van der Waals surface area contributed by atoms with Gasteiger partial charge in [0.05, 0.1) is 0 Å². The molecular weight excluding hydrogens is 210 g/mol. The minimum Gasteiger partial charge on any atom is -0.507 e. The van der Waals surface area contributed by atoms with Crippen molar-refractivity contribution in [1.29, 1.82) is 0 Å². The van der Waals surface area contributed by atoms with Gasteiger partial charge in [-0.05, 0) is 37.9 Å². The Hall–Kier alpha value is -1.28. The molecule has 1 N–H and O–H groups in total. The van der Waals surface area contributed by atoms with Crippen molar-refractivity contribution in [1.82, 2.24) is 4.90 Å². The van der Waals surface area contributed by atoms with Crippen LogP contribution in [0, 0.1) is 0 Å². The topological polar surface area (TPSA) is 23.5 Å². The molecule has 0 amide bonds. The van der Waals surface area contributed by atoms with E-state index in [1.54, 1.807) is 0 Å². The summed E-state index contributed by atoms with van der Waals surface area (Å²) in [6, 6.07) is 6.02. The van der Waals surface area contributed by atoms with E-state index in [0.29, 0.717) is 5.75 Å². The van der Waals surface area contributed by atoms with E-state index in [1.807, 2.05) is 24.3 Å². The van der Waals surface area contributed by atoms with Crippen LogP contribution in [0.5, 0.6) is 5.75 Å². The van der Waals surface area contributed by atoms with E-state index in [1.165, 1.54) is 19.3 Å². The number of nitrogens with zero attached hydrogens (tertiary/aromatic N) is 1. The lowest BCUT2D eigenvalue weighted by Crippen LogP contribution is -2.29. The van der Waals surface area contributed by atoms with Gasteiger partial charge in [0.2, 0.25) is 0 Å². The Kier molecular flexibility index (Phi) is 4.21. The fourth-order valence-corrected chi connectivity index (χ4v) is 2.45. The Balaban J connectivity index is 2.09. The van der Waals surface area contributed by atoms with Gasteiger partial charge in [0.1, 0.15) is 5.75 Å². The van der Waals surface area contributed by atoms with Gasteiger partial charge in [-0.25, -0.2) is 0 Å². The van der Waals surface area contributed by atoms with Gasteiger partial charge >= 0.3 is 0 Å². The highest BCUT2D eigenvalue weighted by atomic mass is 16.3. The van der Waals surface area contributed by atoms with E-state index in [-0.39, 0.29) is 0 Å². The summed E-state index contributed by atoms with van der Waals surface area (Å²) in [5, 5.41) is 10.2. The molecule has 0 radical (unpaired) electrons. The first-order chi connectivity index (χ1) is 8.31. The molecule has 1 aliphatic heterocycles. The van der Waals surface area contributed by atoms with Gasteiger partial charge in [0.15, 0.2) is 0 Å². The highest BCUT2D eigenvalue weighted by molar-refractivity contribution is 5.41. The number of para-hydroxylation sites is 1. The normalized spacial score (nSPS) is 16.9. The summed E-state index contributed by atoms with van der Waals surface area (Å²) in [7, 11) is 0. The van der Waals surface area contributed by atoms with Crippen molar-refractivity contribution in [3.05, 3.63) is 42.0 Å². The average molecular weight is 231 g/mol. The second-order valence-corrected chi connectivity index (χ2v) is 4.75. The summed E-state index contributed by atoms with van der Waals surface area (Å²) in [5.41, 5.74) is 2.03. The lowest BCUT2D eigenvalue weighted by Gasteiger charge is -2.26. The molecule has 0 bridgehead atoms. The third-order valence-corrected chi connectivity index (χ3v) is 3.41. The highest BCUT2D eigenvalue weighted by Gasteiger charge is 2.13. The van der Waals surface area contributed by atoms with Crippen molar-refractivity contribution < 1.29 is 5.11 Å². The summed E-state index contributed by atoms with van der Waals surface area (Å²) >= 11 is 0. The molecule has 1 saturated heterocycles. The number of phenolic OH excluding ortho intramolecular Hbond substituents is 1. The lowest BCUT2D eigenvalue weighted by molar-refractivity contribution is 0.218. The van der Waals surface area contributed by atoms with Crippen LogP contribution in [-0.4, -0.2) is 23.1 Å². The Bertz CT molecular complexity index is 381. The number of allylic oxidation sites excluding steroid dienone is 1. The Morgan fingerprint density at radius 2 is 1.88 bits per heavy atom. The summed E-state index contributed by atoms with van der Waals surface area (Å²) in [4.78, 5) is 2.43. The Labute approximate surface area is 104 Å². The number of piperidine rings is 1. The van der Waals surface area contributed by atoms with Gasteiger partial charge in [-0.1, -0.05) is 30.7 Å². The third-order valence-electron chi connectivity index (χ3n) is 3.41. The van der Waals surface area contributed by atoms with Crippen LogP contribution in [0.2, 0.25) is 0 Å². The predicted molar refractivity (Wildman–Crippen MR) is 71.1 cm³/mol. The largest absolute Gasteiger partial charge is 0.507 e. The minimum absolute atomic E-state index is 0.456. The van der Waals surface area contributed by atoms with E-state index in [9.17, 15) is 5.11 Å². The standard InChI is InChI=1S/C15H21NO/c1-2-7-13-8-6-9-14(15(13)17)12-16-10-4-3-5-11-16/h2,6,8-9,17H,1,3-5,7,10-12H2.